The van der Waals surface area contributed by atoms with Crippen LogP contribution < -0.4 is 5.76 Å². The van der Waals surface area contributed by atoms with Crippen molar-refractivity contribution in [2.45, 2.75) is 17.7 Å². The van der Waals surface area contributed by atoms with Gasteiger partial charge in [-0.15, -0.1) is 0 Å². The molecule has 1 aromatic heterocycles. The van der Waals surface area contributed by atoms with Crippen molar-refractivity contribution in [3.05, 3.63) is 34.3 Å². The molecule has 0 saturated carbocycles. The van der Waals surface area contributed by atoms with Crippen molar-refractivity contribution >= 4 is 27.0 Å². The van der Waals surface area contributed by atoms with E-state index < -0.39 is 18.8 Å². The Morgan fingerprint density at radius 1 is 1.45 bits per heavy atom. The monoisotopic (exact) mass is 349 g/mol. The molecule has 0 fully saturated rings. The van der Waals surface area contributed by atoms with Gasteiger partial charge < -0.3 is 9.15 Å². The summed E-state index contributed by atoms with van der Waals surface area (Å²) in [6.45, 7) is -0.316. The van der Waals surface area contributed by atoms with E-state index in [1.165, 1.54) is 4.57 Å². The van der Waals surface area contributed by atoms with Gasteiger partial charge in [0.05, 0.1) is 5.52 Å². The summed E-state index contributed by atoms with van der Waals surface area (Å²) in [5.74, 6) is -0.413. The largest absolute Gasteiger partial charge is 0.419 e. The minimum Gasteiger partial charge on any atom is -0.408 e. The van der Waals surface area contributed by atoms with Gasteiger partial charge in [-0.1, -0.05) is 22.0 Å². The summed E-state index contributed by atoms with van der Waals surface area (Å²) in [6, 6.07) is 5.43. The molecule has 20 heavy (non-hydrogen) atoms. The normalized spacial score (nSPS) is 13.2. The van der Waals surface area contributed by atoms with E-state index in [1.807, 2.05) is 6.07 Å². The Balaban J connectivity index is 2.03. The molecule has 0 aliphatic carbocycles. The number of aromatic nitrogens is 1. The van der Waals surface area contributed by atoms with Crippen LogP contribution in [-0.4, -0.2) is 24.2 Å². The molecule has 0 spiro atoms. The fourth-order valence-corrected chi connectivity index (χ4v) is 2.34. The molecule has 0 aliphatic heterocycles. The summed E-state index contributed by atoms with van der Waals surface area (Å²) >= 11 is 3.47. The zero-order valence-corrected chi connectivity index (χ0v) is 12.4. The first kappa shape index (κ1) is 15.2. The van der Waals surface area contributed by atoms with Crippen LogP contribution in [0.2, 0.25) is 0 Å². The van der Waals surface area contributed by atoms with Crippen LogP contribution in [0, 0.1) is 0 Å². The predicted molar refractivity (Wildman–Crippen MR) is 74.6 cm³/mol. The number of rotatable bonds is 6. The molecule has 1 unspecified atom stereocenters. The first-order chi connectivity index (χ1) is 9.49. The molecule has 110 valence electrons. The Labute approximate surface area is 122 Å². The molecule has 2 aromatic rings. The van der Waals surface area contributed by atoms with Gasteiger partial charge >= 0.3 is 5.76 Å². The maximum absolute atomic E-state index is 11.9. The van der Waals surface area contributed by atoms with Crippen molar-refractivity contribution in [2.24, 2.45) is 7.05 Å². The zero-order chi connectivity index (χ0) is 14.7. The number of nitrogens with zero attached hydrogens (tertiary/aromatic N) is 1. The van der Waals surface area contributed by atoms with Gasteiger partial charge in [-0.2, -0.15) is 0 Å². The second-order valence-electron chi connectivity index (χ2n) is 4.38. The van der Waals surface area contributed by atoms with Crippen molar-refractivity contribution in [3.63, 3.8) is 0 Å². The second-order valence-corrected chi connectivity index (χ2v) is 5.48. The number of hydrogen-bond donors (Lipinski definition) is 0. The Bertz CT molecular complexity index is 638. The first-order valence-electron chi connectivity index (χ1n) is 6.08. The molecular formula is C13H14BrF2NO3. The lowest BCUT2D eigenvalue weighted by Crippen LogP contribution is -2.08. The molecule has 0 N–H and O–H groups in total. The highest BCUT2D eigenvalue weighted by Gasteiger charge is 2.12. The zero-order valence-electron chi connectivity index (χ0n) is 10.8. The lowest BCUT2D eigenvalue weighted by Gasteiger charge is -2.10. The average molecular weight is 350 g/mol. The minimum absolute atomic E-state index is 0.0462. The van der Waals surface area contributed by atoms with Gasteiger partial charge in [-0.3, -0.25) is 4.57 Å². The van der Waals surface area contributed by atoms with E-state index in [0.717, 1.165) is 5.56 Å². The third kappa shape index (κ3) is 3.46. The maximum Gasteiger partial charge on any atom is 0.419 e. The summed E-state index contributed by atoms with van der Waals surface area (Å²) in [7, 11) is 1.64. The lowest BCUT2D eigenvalue weighted by atomic mass is 10.1. The number of alkyl halides is 3. The van der Waals surface area contributed by atoms with Gasteiger partial charge in [-0.25, -0.2) is 13.6 Å². The average Bonchev–Trinajstić information content (AvgIpc) is 2.69. The summed E-state index contributed by atoms with van der Waals surface area (Å²) in [5, 5.41) is 0. The fraction of sp³-hybridized carbons (Fsp3) is 0.462. The van der Waals surface area contributed by atoms with Gasteiger partial charge in [0.1, 0.15) is 6.61 Å². The van der Waals surface area contributed by atoms with Crippen molar-refractivity contribution in [1.82, 2.24) is 4.57 Å². The van der Waals surface area contributed by atoms with Gasteiger partial charge in [-0.05, 0) is 24.1 Å². The van der Waals surface area contributed by atoms with E-state index in [0.29, 0.717) is 17.5 Å². The van der Waals surface area contributed by atoms with Crippen LogP contribution >= 0.6 is 15.9 Å². The van der Waals surface area contributed by atoms with Crippen LogP contribution in [0.3, 0.4) is 0 Å². The van der Waals surface area contributed by atoms with Gasteiger partial charge in [0.25, 0.3) is 6.43 Å². The number of benzene rings is 1. The molecule has 4 nitrogen and oxygen atoms in total. The Hall–Kier alpha value is -1.21. The van der Waals surface area contributed by atoms with E-state index in [-0.39, 0.29) is 11.4 Å². The fourth-order valence-electron chi connectivity index (χ4n) is 1.87. The molecule has 2 rings (SSSR count). The highest BCUT2D eigenvalue weighted by molar-refractivity contribution is 9.09. The number of hydrogen-bond acceptors (Lipinski definition) is 3. The molecule has 0 bridgehead atoms. The molecule has 1 atom stereocenters. The summed E-state index contributed by atoms with van der Waals surface area (Å²) in [6.07, 6.45) is -1.89. The van der Waals surface area contributed by atoms with E-state index in [1.54, 1.807) is 19.2 Å². The SMILES string of the molecule is Cn1c(=O)oc2cc(C(Br)CCOCC(F)F)ccc21. The van der Waals surface area contributed by atoms with E-state index in [4.69, 9.17) is 9.15 Å². The third-order valence-corrected chi connectivity index (χ3v) is 3.92. The molecule has 0 radical (unpaired) electrons. The quantitative estimate of drug-likeness (QED) is 0.594. The van der Waals surface area contributed by atoms with Crippen LogP contribution in [0.5, 0.6) is 0 Å². The van der Waals surface area contributed by atoms with Gasteiger partial charge in [0.15, 0.2) is 5.58 Å². The first-order valence-corrected chi connectivity index (χ1v) is 7.00. The van der Waals surface area contributed by atoms with Crippen LogP contribution in [0.25, 0.3) is 11.1 Å². The predicted octanol–water partition coefficient (Wildman–Crippen LogP) is 3.24. The Morgan fingerprint density at radius 2 is 2.20 bits per heavy atom. The summed E-state index contributed by atoms with van der Waals surface area (Å²) in [4.78, 5) is 11.3. The van der Waals surface area contributed by atoms with Crippen molar-refractivity contribution in [3.8, 4) is 0 Å². The highest BCUT2D eigenvalue weighted by atomic mass is 79.9. The van der Waals surface area contributed by atoms with Crippen LogP contribution in [0.15, 0.2) is 27.4 Å². The highest BCUT2D eigenvalue weighted by Crippen LogP contribution is 2.28. The molecule has 1 aromatic carbocycles. The number of fused-ring (bicyclic) bond motifs is 1. The van der Waals surface area contributed by atoms with E-state index >= 15 is 0 Å². The minimum atomic E-state index is -2.45. The Kier molecular flexibility index (Phi) is 4.93. The standard InChI is InChI=1S/C13H14BrF2NO3/c1-17-10-3-2-8(6-11(10)20-13(17)18)9(14)4-5-19-7-12(15)16/h2-3,6,9,12H,4-5,7H2,1H3. The van der Waals surface area contributed by atoms with E-state index in [9.17, 15) is 13.6 Å². The molecule has 0 saturated heterocycles. The number of ether oxygens (including phenoxy) is 1. The number of halogens is 3. The molecule has 7 heteroatoms. The van der Waals surface area contributed by atoms with Gasteiger partial charge in [0, 0.05) is 18.5 Å². The molecule has 1 heterocycles. The van der Waals surface area contributed by atoms with Gasteiger partial charge in [0.2, 0.25) is 0 Å². The van der Waals surface area contributed by atoms with Crippen LogP contribution in [-0.2, 0) is 11.8 Å². The topological polar surface area (TPSA) is 44.4 Å². The summed E-state index contributed by atoms with van der Waals surface area (Å²) in [5.41, 5.74) is 2.13. The molecular weight excluding hydrogens is 336 g/mol. The Morgan fingerprint density at radius 3 is 2.90 bits per heavy atom. The smallest absolute Gasteiger partial charge is 0.408 e. The number of oxazole rings is 1. The van der Waals surface area contributed by atoms with E-state index in [2.05, 4.69) is 15.9 Å². The summed E-state index contributed by atoms with van der Waals surface area (Å²) < 4.78 is 35.2. The van der Waals surface area contributed by atoms with Crippen LogP contribution in [0.1, 0.15) is 16.8 Å². The lowest BCUT2D eigenvalue weighted by molar-refractivity contribution is 0.0167. The van der Waals surface area contributed by atoms with Crippen molar-refractivity contribution in [2.75, 3.05) is 13.2 Å². The number of aryl methyl sites for hydroxylation is 1. The second kappa shape index (κ2) is 6.49. The maximum atomic E-state index is 11.9. The third-order valence-electron chi connectivity index (χ3n) is 2.94. The van der Waals surface area contributed by atoms with Crippen LogP contribution in [0.4, 0.5) is 8.78 Å². The van der Waals surface area contributed by atoms with Crippen molar-refractivity contribution < 1.29 is 17.9 Å². The molecule has 0 amide bonds. The molecule has 0 aliphatic rings. The van der Waals surface area contributed by atoms with Crippen molar-refractivity contribution in [1.29, 1.82) is 0 Å².